The quantitative estimate of drug-likeness (QED) is 0.839. The molecule has 0 aromatic rings. The highest BCUT2D eigenvalue weighted by Crippen LogP contribution is 2.37. The van der Waals surface area contributed by atoms with Crippen LogP contribution < -0.4 is 5.32 Å². The Morgan fingerprint density at radius 3 is 2.65 bits per heavy atom. The fourth-order valence-electron chi connectivity index (χ4n) is 3.81. The summed E-state index contributed by atoms with van der Waals surface area (Å²) in [6, 6.07) is 0.597. The monoisotopic (exact) mass is 282 g/mol. The molecule has 1 saturated carbocycles. The van der Waals surface area contributed by atoms with Crippen molar-refractivity contribution in [1.29, 1.82) is 0 Å². The van der Waals surface area contributed by atoms with E-state index in [1.165, 1.54) is 58.2 Å². The molecule has 0 bridgehead atoms. The van der Waals surface area contributed by atoms with Gasteiger partial charge in [-0.2, -0.15) is 0 Å². The maximum Gasteiger partial charge on any atom is 0.0673 e. The highest BCUT2D eigenvalue weighted by atomic mass is 16.5. The topological polar surface area (TPSA) is 24.5 Å². The second kappa shape index (κ2) is 7.77. The number of nitrogens with zero attached hydrogens (tertiary/aromatic N) is 1. The van der Waals surface area contributed by atoms with E-state index in [9.17, 15) is 0 Å². The minimum Gasteiger partial charge on any atom is -0.377 e. The third kappa shape index (κ3) is 5.01. The van der Waals surface area contributed by atoms with Crippen LogP contribution in [-0.4, -0.2) is 49.8 Å². The lowest BCUT2D eigenvalue weighted by molar-refractivity contribution is 0.0512. The van der Waals surface area contributed by atoms with Crippen molar-refractivity contribution in [3.8, 4) is 0 Å². The largest absolute Gasteiger partial charge is 0.377 e. The number of ether oxygens (including phenoxy) is 1. The molecule has 1 aliphatic heterocycles. The van der Waals surface area contributed by atoms with Crippen molar-refractivity contribution in [3.05, 3.63) is 0 Å². The van der Waals surface area contributed by atoms with Crippen LogP contribution in [0.25, 0.3) is 0 Å². The van der Waals surface area contributed by atoms with Crippen LogP contribution in [0, 0.1) is 5.41 Å². The fraction of sp³-hybridized carbons (Fsp3) is 1.00. The molecule has 20 heavy (non-hydrogen) atoms. The Morgan fingerprint density at radius 1 is 1.20 bits per heavy atom. The van der Waals surface area contributed by atoms with E-state index < -0.39 is 0 Å². The van der Waals surface area contributed by atoms with Crippen LogP contribution >= 0.6 is 0 Å². The Balaban J connectivity index is 1.94. The molecule has 0 spiro atoms. The average molecular weight is 282 g/mol. The number of rotatable bonds is 5. The van der Waals surface area contributed by atoms with Gasteiger partial charge in [-0.1, -0.05) is 33.1 Å². The SMILES string of the molecule is CC(C)NCC1(CN2CCCOC(C)C2)CCCCC1. The number of nitrogens with one attached hydrogen (secondary N) is 1. The molecule has 3 nitrogen and oxygen atoms in total. The van der Waals surface area contributed by atoms with Crippen molar-refractivity contribution in [1.82, 2.24) is 10.2 Å². The summed E-state index contributed by atoms with van der Waals surface area (Å²) in [5.74, 6) is 0. The molecular weight excluding hydrogens is 248 g/mol. The first-order valence-corrected chi connectivity index (χ1v) is 8.67. The normalized spacial score (nSPS) is 28.5. The van der Waals surface area contributed by atoms with Crippen molar-refractivity contribution in [2.45, 2.75) is 71.4 Å². The van der Waals surface area contributed by atoms with Gasteiger partial charge < -0.3 is 15.0 Å². The van der Waals surface area contributed by atoms with Gasteiger partial charge in [0.15, 0.2) is 0 Å². The summed E-state index contributed by atoms with van der Waals surface area (Å²) in [6.45, 7) is 12.5. The van der Waals surface area contributed by atoms with Crippen molar-refractivity contribution in [3.63, 3.8) is 0 Å². The molecule has 1 aliphatic carbocycles. The van der Waals surface area contributed by atoms with Gasteiger partial charge in [0.1, 0.15) is 0 Å². The predicted octanol–water partition coefficient (Wildman–Crippen LogP) is 3.05. The van der Waals surface area contributed by atoms with E-state index in [-0.39, 0.29) is 0 Å². The lowest BCUT2D eigenvalue weighted by Gasteiger charge is -2.42. The van der Waals surface area contributed by atoms with Crippen LogP contribution in [0.1, 0.15) is 59.3 Å². The molecule has 0 aromatic carbocycles. The van der Waals surface area contributed by atoms with Crippen molar-refractivity contribution in [2.75, 3.05) is 32.8 Å². The zero-order valence-corrected chi connectivity index (χ0v) is 13.8. The summed E-state index contributed by atoms with van der Waals surface area (Å²) in [5.41, 5.74) is 0.507. The van der Waals surface area contributed by atoms with Gasteiger partial charge in [-0.05, 0) is 31.6 Å². The van der Waals surface area contributed by atoms with E-state index in [2.05, 4.69) is 31.0 Å². The third-order valence-electron chi connectivity index (χ3n) is 4.89. The summed E-state index contributed by atoms with van der Waals surface area (Å²) in [6.07, 6.45) is 8.66. The summed E-state index contributed by atoms with van der Waals surface area (Å²) in [7, 11) is 0. The molecule has 2 aliphatic rings. The molecule has 1 atom stereocenters. The zero-order valence-electron chi connectivity index (χ0n) is 13.8. The maximum atomic E-state index is 5.80. The Kier molecular flexibility index (Phi) is 6.31. The van der Waals surface area contributed by atoms with Crippen LogP contribution in [0.4, 0.5) is 0 Å². The number of hydrogen-bond donors (Lipinski definition) is 1. The van der Waals surface area contributed by atoms with Gasteiger partial charge >= 0.3 is 0 Å². The van der Waals surface area contributed by atoms with E-state index in [1.807, 2.05) is 0 Å². The smallest absolute Gasteiger partial charge is 0.0673 e. The zero-order chi connectivity index (χ0) is 14.4. The van der Waals surface area contributed by atoms with Crippen molar-refractivity contribution >= 4 is 0 Å². The van der Waals surface area contributed by atoms with Crippen molar-refractivity contribution in [2.24, 2.45) is 5.41 Å². The Bertz CT molecular complexity index is 274. The van der Waals surface area contributed by atoms with Crippen LogP contribution in [0.3, 0.4) is 0 Å². The predicted molar refractivity (Wildman–Crippen MR) is 85.1 cm³/mol. The molecule has 2 fully saturated rings. The molecule has 118 valence electrons. The average Bonchev–Trinajstić information content (AvgIpc) is 2.62. The van der Waals surface area contributed by atoms with Gasteiger partial charge in [0.25, 0.3) is 0 Å². The first-order valence-electron chi connectivity index (χ1n) is 8.67. The highest BCUT2D eigenvalue weighted by molar-refractivity contribution is 4.89. The van der Waals surface area contributed by atoms with E-state index >= 15 is 0 Å². The molecule has 1 saturated heterocycles. The second-order valence-corrected chi connectivity index (χ2v) is 7.37. The second-order valence-electron chi connectivity index (χ2n) is 7.37. The Hall–Kier alpha value is -0.120. The molecule has 1 unspecified atom stereocenters. The van der Waals surface area contributed by atoms with E-state index in [1.54, 1.807) is 0 Å². The standard InChI is InChI=1S/C17H34N2O/c1-15(2)18-13-17(8-5-4-6-9-17)14-19-10-7-11-20-16(3)12-19/h15-16,18H,4-14H2,1-3H3. The van der Waals surface area contributed by atoms with E-state index in [0.29, 0.717) is 17.6 Å². The molecule has 1 heterocycles. The van der Waals surface area contributed by atoms with Gasteiger partial charge in [0.2, 0.25) is 0 Å². The van der Waals surface area contributed by atoms with Gasteiger partial charge in [0, 0.05) is 38.8 Å². The van der Waals surface area contributed by atoms with Gasteiger partial charge in [-0.15, -0.1) is 0 Å². The number of hydrogen-bond acceptors (Lipinski definition) is 3. The lowest BCUT2D eigenvalue weighted by Crippen LogP contribution is -2.48. The summed E-state index contributed by atoms with van der Waals surface area (Å²) < 4.78 is 5.80. The summed E-state index contributed by atoms with van der Waals surface area (Å²) in [4.78, 5) is 2.67. The van der Waals surface area contributed by atoms with E-state index in [0.717, 1.165) is 13.2 Å². The van der Waals surface area contributed by atoms with Crippen LogP contribution in [0.2, 0.25) is 0 Å². The minimum atomic E-state index is 0.399. The van der Waals surface area contributed by atoms with Crippen molar-refractivity contribution < 1.29 is 4.74 Å². The summed E-state index contributed by atoms with van der Waals surface area (Å²) in [5, 5.41) is 3.71. The lowest BCUT2D eigenvalue weighted by atomic mass is 9.73. The maximum absolute atomic E-state index is 5.80. The van der Waals surface area contributed by atoms with E-state index in [4.69, 9.17) is 4.74 Å². The Morgan fingerprint density at radius 2 is 1.95 bits per heavy atom. The molecule has 0 amide bonds. The Labute approximate surface area is 125 Å². The molecule has 3 heteroatoms. The first-order chi connectivity index (χ1) is 9.60. The summed E-state index contributed by atoms with van der Waals surface area (Å²) >= 11 is 0. The van der Waals surface area contributed by atoms with Crippen LogP contribution in [0.5, 0.6) is 0 Å². The van der Waals surface area contributed by atoms with Crippen LogP contribution in [-0.2, 0) is 4.74 Å². The fourth-order valence-corrected chi connectivity index (χ4v) is 3.81. The van der Waals surface area contributed by atoms with Crippen LogP contribution in [0.15, 0.2) is 0 Å². The first kappa shape index (κ1) is 16.3. The molecule has 1 N–H and O–H groups in total. The van der Waals surface area contributed by atoms with Gasteiger partial charge in [-0.25, -0.2) is 0 Å². The van der Waals surface area contributed by atoms with Gasteiger partial charge in [-0.3, -0.25) is 0 Å². The minimum absolute atomic E-state index is 0.399. The molecular formula is C17H34N2O. The third-order valence-corrected chi connectivity index (χ3v) is 4.89. The molecule has 0 aromatic heterocycles. The highest BCUT2D eigenvalue weighted by Gasteiger charge is 2.34. The molecule has 0 radical (unpaired) electrons. The van der Waals surface area contributed by atoms with Gasteiger partial charge in [0.05, 0.1) is 6.10 Å². The molecule has 2 rings (SSSR count).